The Hall–Kier alpha value is -1.89. The van der Waals surface area contributed by atoms with E-state index < -0.39 is 13.0 Å². The lowest BCUT2D eigenvalue weighted by Gasteiger charge is -2.31. The molecule has 24 heavy (non-hydrogen) atoms. The highest BCUT2D eigenvalue weighted by atomic mass is 19.3. The van der Waals surface area contributed by atoms with Gasteiger partial charge in [-0.05, 0) is 37.1 Å². The SMILES string of the molecule is CCN1CCC(NC(=O)NCc2cccc(OCC(F)F)c2)CC1. The summed E-state index contributed by atoms with van der Waals surface area (Å²) in [5.41, 5.74) is 0.803. The van der Waals surface area contributed by atoms with Gasteiger partial charge in [0.05, 0.1) is 0 Å². The third-order valence-corrected chi connectivity index (χ3v) is 4.10. The number of ether oxygens (including phenoxy) is 1. The second-order valence-electron chi connectivity index (χ2n) is 5.89. The summed E-state index contributed by atoms with van der Waals surface area (Å²) in [4.78, 5) is 14.3. The molecule has 0 atom stereocenters. The number of carbonyl (C=O) groups excluding carboxylic acids is 1. The normalized spacial score (nSPS) is 16.2. The summed E-state index contributed by atoms with van der Waals surface area (Å²) in [5, 5.41) is 5.78. The molecule has 1 fully saturated rings. The molecule has 1 aliphatic rings. The Balaban J connectivity index is 1.72. The fourth-order valence-corrected chi connectivity index (χ4v) is 2.72. The molecule has 0 saturated carbocycles. The number of alkyl halides is 2. The standard InChI is InChI=1S/C17H25F2N3O2/c1-2-22-8-6-14(7-9-22)21-17(23)20-11-13-4-3-5-15(10-13)24-12-16(18)19/h3-5,10,14,16H,2,6-9,11-12H2,1H3,(H2,20,21,23). The van der Waals surface area contributed by atoms with Gasteiger partial charge in [-0.1, -0.05) is 19.1 Å². The van der Waals surface area contributed by atoms with Crippen molar-refractivity contribution < 1.29 is 18.3 Å². The van der Waals surface area contributed by atoms with Crippen molar-refractivity contribution in [2.75, 3.05) is 26.2 Å². The first-order valence-corrected chi connectivity index (χ1v) is 8.33. The maximum Gasteiger partial charge on any atom is 0.315 e. The van der Waals surface area contributed by atoms with Crippen LogP contribution in [0.4, 0.5) is 13.6 Å². The van der Waals surface area contributed by atoms with Gasteiger partial charge in [0.15, 0.2) is 0 Å². The molecule has 7 heteroatoms. The molecule has 0 spiro atoms. The predicted octanol–water partition coefficient (Wildman–Crippen LogP) is 2.61. The van der Waals surface area contributed by atoms with Gasteiger partial charge in [0.2, 0.25) is 0 Å². The quantitative estimate of drug-likeness (QED) is 0.802. The maximum absolute atomic E-state index is 12.2. The lowest BCUT2D eigenvalue weighted by atomic mass is 10.1. The Kier molecular flexibility index (Phi) is 7.24. The Labute approximate surface area is 141 Å². The topological polar surface area (TPSA) is 53.6 Å². The Bertz CT molecular complexity index is 520. The molecule has 2 amide bonds. The van der Waals surface area contributed by atoms with Crippen LogP contribution >= 0.6 is 0 Å². The van der Waals surface area contributed by atoms with Crippen molar-refractivity contribution in [2.45, 2.75) is 38.8 Å². The highest BCUT2D eigenvalue weighted by molar-refractivity contribution is 5.74. The highest BCUT2D eigenvalue weighted by Gasteiger charge is 2.19. The number of urea groups is 1. The summed E-state index contributed by atoms with van der Waals surface area (Å²) in [5.74, 6) is 0.377. The predicted molar refractivity (Wildman–Crippen MR) is 88.4 cm³/mol. The minimum absolute atomic E-state index is 0.202. The maximum atomic E-state index is 12.2. The first kappa shape index (κ1) is 18.4. The van der Waals surface area contributed by atoms with E-state index in [4.69, 9.17) is 4.74 Å². The number of hydrogen-bond acceptors (Lipinski definition) is 3. The molecule has 0 aromatic heterocycles. The largest absolute Gasteiger partial charge is 0.488 e. The number of likely N-dealkylation sites (tertiary alicyclic amines) is 1. The first-order chi connectivity index (χ1) is 11.6. The molecular weight excluding hydrogens is 316 g/mol. The monoisotopic (exact) mass is 341 g/mol. The zero-order valence-electron chi connectivity index (χ0n) is 13.9. The van der Waals surface area contributed by atoms with Crippen LogP contribution in [0.2, 0.25) is 0 Å². The van der Waals surface area contributed by atoms with E-state index in [0.29, 0.717) is 12.3 Å². The van der Waals surface area contributed by atoms with Crippen LogP contribution in [0.3, 0.4) is 0 Å². The van der Waals surface area contributed by atoms with Crippen LogP contribution in [0.1, 0.15) is 25.3 Å². The number of halogens is 2. The van der Waals surface area contributed by atoms with Gasteiger partial charge in [-0.2, -0.15) is 0 Å². The van der Waals surface area contributed by atoms with E-state index in [1.165, 1.54) is 0 Å². The van der Waals surface area contributed by atoms with Crippen LogP contribution < -0.4 is 15.4 Å². The zero-order valence-corrected chi connectivity index (χ0v) is 13.9. The number of nitrogens with zero attached hydrogens (tertiary/aromatic N) is 1. The first-order valence-electron chi connectivity index (χ1n) is 8.33. The summed E-state index contributed by atoms with van der Waals surface area (Å²) < 4.78 is 29.3. The van der Waals surface area contributed by atoms with Crippen molar-refractivity contribution in [3.63, 3.8) is 0 Å². The van der Waals surface area contributed by atoms with Gasteiger partial charge in [-0.3, -0.25) is 0 Å². The van der Waals surface area contributed by atoms with Gasteiger partial charge in [0.1, 0.15) is 12.4 Å². The number of piperidine rings is 1. The van der Waals surface area contributed by atoms with E-state index in [-0.39, 0.29) is 12.1 Å². The van der Waals surface area contributed by atoms with Crippen molar-refractivity contribution in [3.8, 4) is 5.75 Å². The minimum atomic E-state index is -2.50. The second-order valence-corrected chi connectivity index (χ2v) is 5.89. The lowest BCUT2D eigenvalue weighted by molar-refractivity contribution is 0.0818. The van der Waals surface area contributed by atoms with Crippen LogP contribution in [0.25, 0.3) is 0 Å². The number of hydrogen-bond donors (Lipinski definition) is 2. The molecule has 1 aromatic carbocycles. The van der Waals surface area contributed by atoms with Crippen molar-refractivity contribution in [3.05, 3.63) is 29.8 Å². The number of nitrogens with one attached hydrogen (secondary N) is 2. The van der Waals surface area contributed by atoms with Crippen LogP contribution in [0, 0.1) is 0 Å². The molecule has 0 unspecified atom stereocenters. The van der Waals surface area contributed by atoms with Gasteiger partial charge in [0.25, 0.3) is 6.43 Å². The van der Waals surface area contributed by atoms with E-state index in [1.807, 2.05) is 6.07 Å². The molecule has 5 nitrogen and oxygen atoms in total. The van der Waals surface area contributed by atoms with E-state index in [1.54, 1.807) is 18.2 Å². The Morgan fingerprint density at radius 1 is 1.38 bits per heavy atom. The molecule has 1 saturated heterocycles. The summed E-state index contributed by atoms with van der Waals surface area (Å²) in [6.45, 7) is 4.89. The number of carbonyl (C=O) groups is 1. The van der Waals surface area contributed by atoms with Gasteiger partial charge in [-0.15, -0.1) is 0 Å². The zero-order chi connectivity index (χ0) is 17.4. The summed E-state index contributed by atoms with van der Waals surface area (Å²) in [6.07, 6.45) is -0.590. The molecule has 1 aromatic rings. The molecule has 1 aliphatic heterocycles. The molecular formula is C17H25F2N3O2. The van der Waals surface area contributed by atoms with E-state index >= 15 is 0 Å². The number of rotatable bonds is 7. The van der Waals surface area contributed by atoms with Gasteiger partial charge >= 0.3 is 6.03 Å². The van der Waals surface area contributed by atoms with Crippen LogP contribution in [0.5, 0.6) is 5.75 Å². The van der Waals surface area contributed by atoms with Gasteiger partial charge < -0.3 is 20.3 Å². The average molecular weight is 341 g/mol. The molecule has 2 N–H and O–H groups in total. The number of benzene rings is 1. The van der Waals surface area contributed by atoms with Crippen molar-refractivity contribution in [2.24, 2.45) is 0 Å². The van der Waals surface area contributed by atoms with E-state index in [0.717, 1.165) is 38.0 Å². The molecule has 1 heterocycles. The summed E-state index contributed by atoms with van der Waals surface area (Å²) >= 11 is 0. The fraction of sp³-hybridized carbons (Fsp3) is 0.588. The molecule has 0 radical (unpaired) electrons. The van der Waals surface area contributed by atoms with Crippen LogP contribution in [-0.2, 0) is 6.54 Å². The Morgan fingerprint density at radius 2 is 2.12 bits per heavy atom. The molecule has 2 rings (SSSR count). The molecule has 134 valence electrons. The average Bonchev–Trinajstić information content (AvgIpc) is 2.59. The fourth-order valence-electron chi connectivity index (χ4n) is 2.72. The Morgan fingerprint density at radius 3 is 2.79 bits per heavy atom. The lowest BCUT2D eigenvalue weighted by Crippen LogP contribution is -2.47. The van der Waals surface area contributed by atoms with Crippen LogP contribution in [-0.4, -0.2) is 49.6 Å². The third-order valence-electron chi connectivity index (χ3n) is 4.10. The molecule has 0 bridgehead atoms. The summed E-state index contributed by atoms with van der Waals surface area (Å²) in [6, 6.07) is 6.80. The minimum Gasteiger partial charge on any atom is -0.488 e. The van der Waals surface area contributed by atoms with Crippen molar-refractivity contribution in [1.29, 1.82) is 0 Å². The molecule has 0 aliphatic carbocycles. The summed E-state index contributed by atoms with van der Waals surface area (Å²) in [7, 11) is 0. The van der Waals surface area contributed by atoms with E-state index in [2.05, 4.69) is 22.5 Å². The smallest absolute Gasteiger partial charge is 0.315 e. The van der Waals surface area contributed by atoms with Crippen molar-refractivity contribution >= 4 is 6.03 Å². The third kappa shape index (κ3) is 6.31. The van der Waals surface area contributed by atoms with Gasteiger partial charge in [-0.25, -0.2) is 13.6 Å². The van der Waals surface area contributed by atoms with Crippen molar-refractivity contribution in [1.82, 2.24) is 15.5 Å². The number of amides is 2. The van der Waals surface area contributed by atoms with E-state index in [9.17, 15) is 13.6 Å². The second kappa shape index (κ2) is 9.42. The van der Waals surface area contributed by atoms with Gasteiger partial charge in [0, 0.05) is 25.7 Å². The van der Waals surface area contributed by atoms with Crippen LogP contribution in [0.15, 0.2) is 24.3 Å². The highest BCUT2D eigenvalue weighted by Crippen LogP contribution is 2.14.